The third kappa shape index (κ3) is 3.28. The predicted octanol–water partition coefficient (Wildman–Crippen LogP) is 3.91. The molecule has 0 radical (unpaired) electrons. The molecule has 2 aromatic carbocycles. The Balaban J connectivity index is 2.57. The normalized spacial score (nSPS) is 12.2. The molecule has 0 saturated carbocycles. The summed E-state index contributed by atoms with van der Waals surface area (Å²) in [7, 11) is 1.42. The monoisotopic (exact) mass is 315 g/mol. The second-order valence-corrected chi connectivity index (χ2v) is 5.54. The van der Waals surface area contributed by atoms with Crippen molar-refractivity contribution in [1.29, 1.82) is 0 Å². The number of ether oxygens (including phenoxy) is 1. The smallest absolute Gasteiger partial charge is 0.133 e. The first-order valence-corrected chi connectivity index (χ1v) is 7.08. The number of rotatable bonds is 3. The van der Waals surface area contributed by atoms with E-state index in [1.54, 1.807) is 30.3 Å². The molecule has 100 valence electrons. The Hall–Kier alpha value is -1.07. The van der Waals surface area contributed by atoms with Gasteiger partial charge in [0.15, 0.2) is 0 Å². The van der Waals surface area contributed by atoms with E-state index in [4.69, 9.17) is 27.9 Å². The zero-order valence-corrected chi connectivity index (χ0v) is 12.2. The van der Waals surface area contributed by atoms with Gasteiger partial charge >= 0.3 is 0 Å². The van der Waals surface area contributed by atoms with Crippen molar-refractivity contribution in [3.8, 4) is 16.9 Å². The summed E-state index contributed by atoms with van der Waals surface area (Å²) in [5.41, 5.74) is 1.44. The zero-order chi connectivity index (χ0) is 14.0. The van der Waals surface area contributed by atoms with Gasteiger partial charge in [-0.15, -0.1) is 0 Å². The lowest BCUT2D eigenvalue weighted by Gasteiger charge is -2.13. The molecule has 0 heterocycles. The minimum absolute atomic E-state index is 0.0936. The lowest BCUT2D eigenvalue weighted by atomic mass is 10.1. The summed E-state index contributed by atoms with van der Waals surface area (Å²) in [5, 5.41) is 0.978. The molecule has 2 rings (SSSR count). The van der Waals surface area contributed by atoms with Crippen LogP contribution in [0.1, 0.15) is 0 Å². The highest BCUT2D eigenvalue weighted by Gasteiger charge is 2.08. The van der Waals surface area contributed by atoms with E-state index in [2.05, 4.69) is 0 Å². The summed E-state index contributed by atoms with van der Waals surface area (Å²) in [4.78, 5) is 0.0936. The standard InChI is InChI=1S/C13H10Cl2O3S/c1-18-12-3-2-8(6-13(12)19(16)17)9-4-10(14)7-11(15)5-9/h2-7H,1H3,(H,16,17)/p-1. The highest BCUT2D eigenvalue weighted by atomic mass is 35.5. The first-order chi connectivity index (χ1) is 9.01. The van der Waals surface area contributed by atoms with Crippen LogP contribution in [0, 0.1) is 0 Å². The molecule has 3 nitrogen and oxygen atoms in total. The predicted molar refractivity (Wildman–Crippen MR) is 75.6 cm³/mol. The van der Waals surface area contributed by atoms with Crippen LogP contribution in [-0.4, -0.2) is 15.9 Å². The van der Waals surface area contributed by atoms with Gasteiger partial charge in [0, 0.05) is 10.0 Å². The Bertz CT molecular complexity index is 624. The van der Waals surface area contributed by atoms with Gasteiger partial charge in [-0.1, -0.05) is 29.3 Å². The van der Waals surface area contributed by atoms with E-state index in [1.165, 1.54) is 13.2 Å². The molecule has 6 heteroatoms. The van der Waals surface area contributed by atoms with Gasteiger partial charge in [-0.05, 0) is 52.5 Å². The maximum Gasteiger partial charge on any atom is 0.133 e. The minimum atomic E-state index is -2.38. The maximum absolute atomic E-state index is 11.2. The topological polar surface area (TPSA) is 49.4 Å². The molecule has 1 atom stereocenters. The average Bonchev–Trinajstić information content (AvgIpc) is 2.36. The van der Waals surface area contributed by atoms with E-state index < -0.39 is 11.1 Å². The fourth-order valence-corrected chi connectivity index (χ4v) is 2.77. The SMILES string of the molecule is COc1ccc(-c2cc(Cl)cc(Cl)c2)cc1S(=O)[O-]. The van der Waals surface area contributed by atoms with Crippen LogP contribution in [0.15, 0.2) is 41.3 Å². The summed E-state index contributed by atoms with van der Waals surface area (Å²) in [5.74, 6) is 0.296. The Kier molecular flexibility index (Phi) is 4.47. The van der Waals surface area contributed by atoms with E-state index in [0.717, 1.165) is 5.56 Å². The molecule has 2 aromatic rings. The fraction of sp³-hybridized carbons (Fsp3) is 0.0769. The van der Waals surface area contributed by atoms with Crippen LogP contribution in [0.4, 0.5) is 0 Å². The third-order valence-corrected chi connectivity index (χ3v) is 3.65. The van der Waals surface area contributed by atoms with Crippen molar-refractivity contribution in [1.82, 2.24) is 0 Å². The molecule has 0 amide bonds. The fourth-order valence-electron chi connectivity index (χ4n) is 1.71. The first kappa shape index (κ1) is 14.3. The number of hydrogen-bond donors (Lipinski definition) is 0. The Labute approximate surface area is 123 Å². The zero-order valence-electron chi connectivity index (χ0n) is 9.85. The molecule has 0 aliphatic rings. The van der Waals surface area contributed by atoms with Gasteiger partial charge in [0.2, 0.25) is 0 Å². The van der Waals surface area contributed by atoms with Crippen molar-refractivity contribution in [2.75, 3.05) is 7.11 Å². The summed E-state index contributed by atoms with van der Waals surface area (Å²) in [6.45, 7) is 0. The minimum Gasteiger partial charge on any atom is -0.768 e. The Morgan fingerprint density at radius 1 is 1.05 bits per heavy atom. The molecule has 0 aliphatic carbocycles. The van der Waals surface area contributed by atoms with E-state index in [1.807, 2.05) is 0 Å². The second kappa shape index (κ2) is 5.92. The van der Waals surface area contributed by atoms with Crippen molar-refractivity contribution in [3.63, 3.8) is 0 Å². The Morgan fingerprint density at radius 2 is 1.68 bits per heavy atom. The molecular weight excluding hydrogens is 307 g/mol. The van der Waals surface area contributed by atoms with Crippen molar-refractivity contribution >= 4 is 34.3 Å². The number of benzene rings is 2. The van der Waals surface area contributed by atoms with Gasteiger partial charge in [-0.3, -0.25) is 4.21 Å². The highest BCUT2D eigenvalue weighted by molar-refractivity contribution is 7.79. The second-order valence-electron chi connectivity index (χ2n) is 3.76. The number of methoxy groups -OCH3 is 1. The van der Waals surface area contributed by atoms with E-state index in [9.17, 15) is 8.76 Å². The molecule has 19 heavy (non-hydrogen) atoms. The molecule has 1 unspecified atom stereocenters. The van der Waals surface area contributed by atoms with Crippen LogP contribution < -0.4 is 4.74 Å². The number of hydrogen-bond acceptors (Lipinski definition) is 3. The van der Waals surface area contributed by atoms with Gasteiger partial charge in [0.25, 0.3) is 0 Å². The summed E-state index contributed by atoms with van der Waals surface area (Å²) in [6.07, 6.45) is 0. The van der Waals surface area contributed by atoms with Crippen LogP contribution in [0.2, 0.25) is 10.0 Å². The third-order valence-electron chi connectivity index (χ3n) is 2.54. The van der Waals surface area contributed by atoms with E-state index in [-0.39, 0.29) is 4.90 Å². The van der Waals surface area contributed by atoms with Crippen molar-refractivity contribution in [2.45, 2.75) is 4.90 Å². The van der Waals surface area contributed by atoms with Crippen LogP contribution in [0.3, 0.4) is 0 Å². The van der Waals surface area contributed by atoms with E-state index >= 15 is 0 Å². The molecule has 0 bridgehead atoms. The van der Waals surface area contributed by atoms with Crippen molar-refractivity contribution in [3.05, 3.63) is 46.4 Å². The summed E-state index contributed by atoms with van der Waals surface area (Å²) < 4.78 is 27.3. The molecular formula is C13H9Cl2O3S-. The molecule has 0 N–H and O–H groups in total. The van der Waals surface area contributed by atoms with Crippen LogP contribution in [0.5, 0.6) is 5.75 Å². The molecule has 0 aliphatic heterocycles. The van der Waals surface area contributed by atoms with Gasteiger partial charge in [0.05, 0.1) is 12.0 Å². The van der Waals surface area contributed by atoms with Gasteiger partial charge in [-0.25, -0.2) is 0 Å². The van der Waals surface area contributed by atoms with Crippen LogP contribution in [0.25, 0.3) is 11.1 Å². The van der Waals surface area contributed by atoms with Gasteiger partial charge in [0.1, 0.15) is 5.75 Å². The van der Waals surface area contributed by atoms with Crippen molar-refractivity contribution in [2.24, 2.45) is 0 Å². The summed E-state index contributed by atoms with van der Waals surface area (Å²) in [6, 6.07) is 9.90. The molecule has 0 fully saturated rings. The van der Waals surface area contributed by atoms with E-state index in [0.29, 0.717) is 21.4 Å². The largest absolute Gasteiger partial charge is 0.768 e. The number of halogens is 2. The lowest BCUT2D eigenvalue weighted by molar-refractivity contribution is 0.401. The Morgan fingerprint density at radius 3 is 2.21 bits per heavy atom. The molecule has 0 saturated heterocycles. The molecule has 0 spiro atoms. The summed E-state index contributed by atoms with van der Waals surface area (Å²) >= 11 is 9.48. The first-order valence-electron chi connectivity index (χ1n) is 5.25. The quantitative estimate of drug-likeness (QED) is 0.807. The van der Waals surface area contributed by atoms with Crippen LogP contribution in [-0.2, 0) is 11.1 Å². The van der Waals surface area contributed by atoms with Crippen LogP contribution >= 0.6 is 23.2 Å². The maximum atomic E-state index is 11.2. The average molecular weight is 316 g/mol. The van der Waals surface area contributed by atoms with Crippen molar-refractivity contribution < 1.29 is 13.5 Å². The highest BCUT2D eigenvalue weighted by Crippen LogP contribution is 2.31. The lowest BCUT2D eigenvalue weighted by Crippen LogP contribution is -1.95. The van der Waals surface area contributed by atoms with Gasteiger partial charge < -0.3 is 9.29 Å². The molecule has 0 aromatic heterocycles. The van der Waals surface area contributed by atoms with Gasteiger partial charge in [-0.2, -0.15) is 0 Å².